The Hall–Kier alpha value is -3.78. The molecule has 0 amide bonds. The number of hydrogen-bond donors (Lipinski definition) is 0. The predicted octanol–water partition coefficient (Wildman–Crippen LogP) is 6.28. The van der Waals surface area contributed by atoms with Crippen LogP contribution in [0.4, 0.5) is 0 Å². The fourth-order valence-electron chi connectivity index (χ4n) is 3.50. The van der Waals surface area contributed by atoms with Crippen molar-refractivity contribution in [3.8, 4) is 28.6 Å². The van der Waals surface area contributed by atoms with Gasteiger partial charge in [-0.05, 0) is 53.2 Å². The summed E-state index contributed by atoms with van der Waals surface area (Å²) in [5.41, 5.74) is 1.70. The van der Waals surface area contributed by atoms with Crippen LogP contribution in [0.25, 0.3) is 22.3 Å². The highest BCUT2D eigenvalue weighted by atomic mass is 79.9. The molecule has 0 saturated heterocycles. The molecule has 1 aromatic heterocycles. The molecular weight excluding hydrogens is 504 g/mol. The van der Waals surface area contributed by atoms with Gasteiger partial charge in [0.15, 0.2) is 11.5 Å². The van der Waals surface area contributed by atoms with Crippen LogP contribution in [0.15, 0.2) is 69.6 Å². The molecule has 0 spiro atoms. The minimum atomic E-state index is -0.606. The molecule has 0 bridgehead atoms. The lowest BCUT2D eigenvalue weighted by atomic mass is 10.1. The maximum Gasteiger partial charge on any atom is 0.343 e. The van der Waals surface area contributed by atoms with Crippen LogP contribution in [-0.2, 0) is 4.74 Å². The first kappa shape index (κ1) is 23.4. The smallest absolute Gasteiger partial charge is 0.343 e. The molecule has 8 heteroatoms. The van der Waals surface area contributed by atoms with Crippen molar-refractivity contribution in [1.29, 1.82) is 0 Å². The minimum Gasteiger partial charge on any atom is -0.493 e. The Kier molecular flexibility index (Phi) is 6.88. The topological polar surface area (TPSA) is 84.2 Å². The molecule has 0 radical (unpaired) electrons. The monoisotopic (exact) mass is 524 g/mol. The first-order valence-electron chi connectivity index (χ1n) is 10.4. The summed E-state index contributed by atoms with van der Waals surface area (Å²) in [4.78, 5) is 25.7. The normalized spacial score (nSPS) is 10.7. The zero-order chi connectivity index (χ0) is 24.2. The summed E-state index contributed by atoms with van der Waals surface area (Å²) >= 11 is 3.43. The third-order valence-corrected chi connectivity index (χ3v) is 5.70. The van der Waals surface area contributed by atoms with Crippen LogP contribution in [0, 0.1) is 0 Å². The number of rotatable bonds is 7. The second-order valence-corrected chi connectivity index (χ2v) is 7.99. The van der Waals surface area contributed by atoms with Gasteiger partial charge < -0.3 is 23.4 Å². The van der Waals surface area contributed by atoms with Crippen LogP contribution in [0.1, 0.15) is 27.6 Å². The quantitative estimate of drug-likeness (QED) is 0.208. The molecular formula is C26H21BrO7. The molecule has 7 nitrogen and oxygen atoms in total. The van der Waals surface area contributed by atoms with Crippen LogP contribution < -0.4 is 14.2 Å². The fraction of sp³-hybridized carbons (Fsp3) is 0.154. The molecule has 0 aliphatic heterocycles. The lowest BCUT2D eigenvalue weighted by Gasteiger charge is -2.10. The number of halogens is 1. The van der Waals surface area contributed by atoms with Crippen molar-refractivity contribution in [2.24, 2.45) is 0 Å². The van der Waals surface area contributed by atoms with Gasteiger partial charge in [-0.25, -0.2) is 9.59 Å². The van der Waals surface area contributed by atoms with Gasteiger partial charge >= 0.3 is 11.9 Å². The Labute approximate surface area is 204 Å². The summed E-state index contributed by atoms with van der Waals surface area (Å²) in [5.74, 6) is 0.360. The number of hydrogen-bond acceptors (Lipinski definition) is 7. The second-order valence-electron chi connectivity index (χ2n) is 7.13. The van der Waals surface area contributed by atoms with Crippen molar-refractivity contribution in [3.63, 3.8) is 0 Å². The van der Waals surface area contributed by atoms with Crippen LogP contribution in [-0.4, -0.2) is 32.8 Å². The van der Waals surface area contributed by atoms with E-state index in [4.69, 9.17) is 23.4 Å². The number of methoxy groups -OCH3 is 2. The van der Waals surface area contributed by atoms with E-state index in [9.17, 15) is 9.59 Å². The van der Waals surface area contributed by atoms with Crippen molar-refractivity contribution in [1.82, 2.24) is 0 Å². The van der Waals surface area contributed by atoms with Crippen LogP contribution >= 0.6 is 15.9 Å². The molecule has 34 heavy (non-hydrogen) atoms. The lowest BCUT2D eigenvalue weighted by molar-refractivity contribution is 0.0528. The van der Waals surface area contributed by atoms with E-state index in [0.717, 1.165) is 5.56 Å². The number of esters is 2. The number of benzene rings is 3. The number of carbonyl (C=O) groups excluding carboxylic acids is 2. The van der Waals surface area contributed by atoms with E-state index in [2.05, 4.69) is 15.9 Å². The van der Waals surface area contributed by atoms with Gasteiger partial charge in [-0.3, -0.25) is 0 Å². The van der Waals surface area contributed by atoms with Crippen molar-refractivity contribution >= 4 is 38.8 Å². The fourth-order valence-corrected chi connectivity index (χ4v) is 3.90. The molecule has 0 saturated carbocycles. The summed E-state index contributed by atoms with van der Waals surface area (Å²) in [7, 11) is 3.00. The summed E-state index contributed by atoms with van der Waals surface area (Å²) in [6.07, 6.45) is 0. The largest absolute Gasteiger partial charge is 0.493 e. The van der Waals surface area contributed by atoms with Crippen LogP contribution in [0.5, 0.6) is 17.2 Å². The summed E-state index contributed by atoms with van der Waals surface area (Å²) < 4.78 is 27.9. The van der Waals surface area contributed by atoms with E-state index < -0.39 is 11.9 Å². The molecule has 3 aromatic carbocycles. The summed E-state index contributed by atoms with van der Waals surface area (Å²) in [6.45, 7) is 1.94. The van der Waals surface area contributed by atoms with Crippen molar-refractivity contribution in [3.05, 3.63) is 76.3 Å². The Morgan fingerprint density at radius 3 is 2.29 bits per heavy atom. The number of furan rings is 1. The van der Waals surface area contributed by atoms with Crippen molar-refractivity contribution < 1.29 is 33.0 Å². The Balaban J connectivity index is 1.77. The van der Waals surface area contributed by atoms with E-state index >= 15 is 0 Å². The number of fused-ring (bicyclic) bond motifs is 1. The number of carbonyl (C=O) groups is 2. The molecule has 0 fully saturated rings. The van der Waals surface area contributed by atoms with Gasteiger partial charge in [0.1, 0.15) is 22.7 Å². The van der Waals surface area contributed by atoms with E-state index in [1.807, 2.05) is 30.3 Å². The average Bonchev–Trinajstić information content (AvgIpc) is 3.22. The Morgan fingerprint density at radius 1 is 0.882 bits per heavy atom. The van der Waals surface area contributed by atoms with Crippen LogP contribution in [0.2, 0.25) is 0 Å². The second kappa shape index (κ2) is 10.0. The molecule has 0 aliphatic carbocycles. The molecule has 0 unspecified atom stereocenters. The molecule has 0 aliphatic rings. The molecule has 0 N–H and O–H groups in total. The maximum atomic E-state index is 12.9. The first-order valence-corrected chi connectivity index (χ1v) is 11.2. The molecule has 4 aromatic rings. The summed E-state index contributed by atoms with van der Waals surface area (Å²) in [5, 5.41) is 0.468. The molecule has 0 atom stereocenters. The average molecular weight is 525 g/mol. The number of ether oxygens (including phenoxy) is 4. The highest BCUT2D eigenvalue weighted by molar-refractivity contribution is 9.10. The van der Waals surface area contributed by atoms with Gasteiger partial charge in [-0.2, -0.15) is 0 Å². The molecule has 174 valence electrons. The van der Waals surface area contributed by atoms with Gasteiger partial charge in [0.2, 0.25) is 0 Å². The first-order chi connectivity index (χ1) is 16.5. The van der Waals surface area contributed by atoms with E-state index in [-0.39, 0.29) is 23.5 Å². The standard InChI is InChI=1S/C26H21BrO7/c1-4-32-26(29)23-17-13-21(34-25(28)16-10-11-19(30-2)22(12-16)31-3)18(27)14-20(17)33-24(23)15-8-6-5-7-9-15/h5-14H,4H2,1-3H3. The SMILES string of the molecule is CCOC(=O)c1c(-c2ccccc2)oc2cc(Br)c(OC(=O)c3ccc(OC)c(OC)c3)cc12. The van der Waals surface area contributed by atoms with Gasteiger partial charge in [0.05, 0.1) is 30.9 Å². The minimum absolute atomic E-state index is 0.206. The van der Waals surface area contributed by atoms with Gasteiger partial charge in [0.25, 0.3) is 0 Å². The van der Waals surface area contributed by atoms with Gasteiger partial charge in [-0.15, -0.1) is 0 Å². The Bertz CT molecular complexity index is 1360. The predicted molar refractivity (Wildman–Crippen MR) is 130 cm³/mol. The third-order valence-electron chi connectivity index (χ3n) is 5.08. The summed E-state index contributed by atoms with van der Waals surface area (Å²) in [6, 6.07) is 17.2. The zero-order valence-corrected chi connectivity index (χ0v) is 20.3. The Morgan fingerprint density at radius 2 is 1.62 bits per heavy atom. The van der Waals surface area contributed by atoms with E-state index in [1.165, 1.54) is 20.3 Å². The van der Waals surface area contributed by atoms with Crippen molar-refractivity contribution in [2.75, 3.05) is 20.8 Å². The highest BCUT2D eigenvalue weighted by Crippen LogP contribution is 2.39. The van der Waals surface area contributed by atoms with Crippen molar-refractivity contribution in [2.45, 2.75) is 6.92 Å². The van der Waals surface area contributed by atoms with Crippen LogP contribution in [0.3, 0.4) is 0 Å². The lowest BCUT2D eigenvalue weighted by Crippen LogP contribution is -2.09. The highest BCUT2D eigenvalue weighted by Gasteiger charge is 2.25. The van der Waals surface area contributed by atoms with E-state index in [1.54, 1.807) is 31.2 Å². The van der Waals surface area contributed by atoms with E-state index in [0.29, 0.717) is 32.7 Å². The maximum absolute atomic E-state index is 12.9. The van der Waals surface area contributed by atoms with Gasteiger partial charge in [0, 0.05) is 10.9 Å². The zero-order valence-electron chi connectivity index (χ0n) is 18.7. The van der Waals surface area contributed by atoms with Gasteiger partial charge in [-0.1, -0.05) is 30.3 Å². The molecule has 1 heterocycles. The molecule has 4 rings (SSSR count). The third kappa shape index (κ3) is 4.49.